The van der Waals surface area contributed by atoms with Gasteiger partial charge in [0.2, 0.25) is 21.8 Å². The second-order valence-electron chi connectivity index (χ2n) is 16.5. The number of amides is 4. The maximum Gasteiger partial charge on any atom is 0.408 e. The molecule has 8 atom stereocenters. The third-order valence-corrected chi connectivity index (χ3v) is 14.1. The summed E-state index contributed by atoms with van der Waals surface area (Å²) < 4.78 is 80.2. The molecule has 0 bridgehead atoms. The molecule has 2 aliphatic heterocycles. The number of ether oxygens (including phenoxy) is 3. The van der Waals surface area contributed by atoms with Gasteiger partial charge in [0.05, 0.1) is 19.5 Å². The molecule has 6 rings (SSSR count). The average molecular weight is 834 g/mol. The normalized spacial score (nSPS) is 31.1. The van der Waals surface area contributed by atoms with Crippen LogP contribution in [0, 0.1) is 17.8 Å². The number of benzene rings is 1. The van der Waals surface area contributed by atoms with E-state index >= 15 is 13.6 Å². The van der Waals surface area contributed by atoms with Gasteiger partial charge >= 0.3 is 12.1 Å². The van der Waals surface area contributed by atoms with E-state index in [9.17, 15) is 27.9 Å². The van der Waals surface area contributed by atoms with Crippen molar-refractivity contribution in [2.24, 2.45) is 17.8 Å². The minimum absolute atomic E-state index is 0.0205. The monoisotopic (exact) mass is 833 g/mol. The van der Waals surface area contributed by atoms with Crippen molar-refractivity contribution >= 4 is 44.6 Å². The Hall–Kier alpha value is -4.74. The number of hydrogen-bond acceptors (Lipinski definition) is 10. The molecule has 1 saturated heterocycles. The van der Waals surface area contributed by atoms with E-state index in [-0.39, 0.29) is 47.1 Å². The van der Waals surface area contributed by atoms with Gasteiger partial charge in [-0.1, -0.05) is 32.9 Å². The largest absolute Gasteiger partial charge is 0.493 e. The van der Waals surface area contributed by atoms with Gasteiger partial charge in [0.1, 0.15) is 17.6 Å². The number of hydrogen-bond donors (Lipinski definition) is 3. The zero-order valence-corrected chi connectivity index (χ0v) is 34.6. The Morgan fingerprint density at radius 2 is 1.79 bits per heavy atom. The standard InChI is InChI=1S/C40H53F2N5O10S/c1-8-24(4)46(37(51)52)32-23(3)17-22(2)11-9-10-12-26-20-39(26,36(50)45-58(53,54)27-13-14-27)44-33(48)29-21-38(5,40(41,42)47(29)35(32)49)57-34-28-19-31(56-7)30(55-6)18-25(28)15-16-43-34/h10,12,15-16,18-19,22-24,26-27,29,32H,8-9,11,13-14,17,20-21H2,1-7H3,(H,44,48)(H,45,50)(H,51,52)/b12-10-/t22-,23-,24?,26-,29+,32+,38-,39-/m1/s1. The summed E-state index contributed by atoms with van der Waals surface area (Å²) in [5, 5.41) is 13.1. The molecule has 1 aromatic carbocycles. The zero-order chi connectivity index (χ0) is 42.5. The van der Waals surface area contributed by atoms with Crippen LogP contribution in [0.15, 0.2) is 36.5 Å². The number of sulfonamides is 1. The number of alkyl halides is 2. The van der Waals surface area contributed by atoms with E-state index in [1.54, 1.807) is 39.0 Å². The molecule has 3 heterocycles. The van der Waals surface area contributed by atoms with Crippen LogP contribution < -0.4 is 24.2 Å². The number of methoxy groups -OCH3 is 2. The lowest BCUT2D eigenvalue weighted by atomic mass is 9.86. The predicted octanol–water partition coefficient (Wildman–Crippen LogP) is 5.23. The molecule has 1 aromatic heterocycles. The maximum atomic E-state index is 17.6. The lowest BCUT2D eigenvalue weighted by Gasteiger charge is -2.42. The van der Waals surface area contributed by atoms with Gasteiger partial charge in [-0.2, -0.15) is 8.78 Å². The molecular weight excluding hydrogens is 781 g/mol. The summed E-state index contributed by atoms with van der Waals surface area (Å²) in [6.07, 6.45) is 4.92. The molecule has 0 spiro atoms. The summed E-state index contributed by atoms with van der Waals surface area (Å²) in [4.78, 5) is 61.8. The topological polar surface area (TPSA) is 194 Å². The van der Waals surface area contributed by atoms with Crippen molar-refractivity contribution in [1.29, 1.82) is 0 Å². The van der Waals surface area contributed by atoms with Crippen molar-refractivity contribution < 1.29 is 55.7 Å². The smallest absolute Gasteiger partial charge is 0.408 e. The van der Waals surface area contributed by atoms with Gasteiger partial charge in [-0.05, 0) is 94.2 Å². The van der Waals surface area contributed by atoms with Crippen LogP contribution >= 0.6 is 0 Å². The number of carboxylic acid groups (broad SMARTS) is 1. The van der Waals surface area contributed by atoms with Crippen LogP contribution in [-0.2, 0) is 24.4 Å². The van der Waals surface area contributed by atoms with E-state index < -0.39 is 92.7 Å². The minimum Gasteiger partial charge on any atom is -0.493 e. The fourth-order valence-corrected chi connectivity index (χ4v) is 9.82. The number of fused-ring (bicyclic) bond motifs is 3. The van der Waals surface area contributed by atoms with Crippen LogP contribution in [0.5, 0.6) is 17.4 Å². The number of nitrogens with one attached hydrogen (secondary N) is 2. The Labute approximate surface area is 336 Å². The molecule has 4 amide bonds. The molecule has 15 nitrogen and oxygen atoms in total. The van der Waals surface area contributed by atoms with Gasteiger partial charge in [-0.25, -0.2) is 18.2 Å². The van der Waals surface area contributed by atoms with Crippen molar-refractivity contribution in [1.82, 2.24) is 24.8 Å². The second kappa shape index (κ2) is 15.8. The van der Waals surface area contributed by atoms with Crippen molar-refractivity contribution in [3.05, 3.63) is 36.5 Å². The van der Waals surface area contributed by atoms with Crippen LogP contribution in [0.2, 0.25) is 0 Å². The molecule has 18 heteroatoms. The number of halogens is 2. The third kappa shape index (κ3) is 7.75. The Morgan fingerprint density at radius 1 is 1.12 bits per heavy atom. The van der Waals surface area contributed by atoms with Gasteiger partial charge in [-0.3, -0.25) is 28.9 Å². The molecule has 2 aromatic rings. The third-order valence-electron chi connectivity index (χ3n) is 12.2. The summed E-state index contributed by atoms with van der Waals surface area (Å²) in [5.41, 5.74) is -4.49. The van der Waals surface area contributed by atoms with Crippen molar-refractivity contribution in [3.63, 3.8) is 0 Å². The van der Waals surface area contributed by atoms with Crippen molar-refractivity contribution in [3.8, 4) is 17.4 Å². The highest BCUT2D eigenvalue weighted by molar-refractivity contribution is 7.91. The molecule has 0 radical (unpaired) electrons. The Morgan fingerprint density at radius 3 is 2.41 bits per heavy atom. The lowest BCUT2D eigenvalue weighted by molar-refractivity contribution is -0.219. The first-order chi connectivity index (χ1) is 27.2. The molecular formula is C40H53F2N5O10S. The molecule has 1 unspecified atom stereocenters. The number of aromatic nitrogens is 1. The molecule has 2 aliphatic carbocycles. The molecule has 3 N–H and O–H groups in total. The van der Waals surface area contributed by atoms with E-state index in [1.165, 1.54) is 26.5 Å². The first-order valence-electron chi connectivity index (χ1n) is 19.7. The van der Waals surface area contributed by atoms with E-state index in [0.717, 1.165) is 11.8 Å². The van der Waals surface area contributed by atoms with Gasteiger partial charge < -0.3 is 24.6 Å². The number of carbonyl (C=O) groups is 4. The first kappa shape index (κ1) is 42.9. The van der Waals surface area contributed by atoms with Crippen LogP contribution in [0.4, 0.5) is 13.6 Å². The van der Waals surface area contributed by atoms with Crippen LogP contribution in [-0.4, -0.2) is 107 Å². The average Bonchev–Trinajstić information content (AvgIpc) is 4.09. The predicted molar refractivity (Wildman–Crippen MR) is 208 cm³/mol. The molecule has 4 aliphatic rings. The second-order valence-corrected chi connectivity index (χ2v) is 18.5. The highest BCUT2D eigenvalue weighted by Crippen LogP contribution is 2.51. The SMILES string of the molecule is CCC(C)N(C(=O)O)[C@@H]1C(=O)N2[C@@H](C[C@@](C)(Oc3nccc4cc(OC)c(OC)cc34)C2(F)F)C(=O)N[C@]2(C(=O)NS(=O)(=O)C3CC3)C[C@H]2/C=C\CC[C@@H](C)C[C@H]1C. The maximum absolute atomic E-state index is 17.6. The summed E-state index contributed by atoms with van der Waals surface area (Å²) in [7, 11) is -1.23. The first-order valence-corrected chi connectivity index (χ1v) is 21.3. The molecule has 58 heavy (non-hydrogen) atoms. The van der Waals surface area contributed by atoms with Gasteiger partial charge in [0, 0.05) is 30.0 Å². The zero-order valence-electron chi connectivity index (χ0n) is 33.8. The highest BCUT2D eigenvalue weighted by Gasteiger charge is 2.71. The fourth-order valence-electron chi connectivity index (χ4n) is 8.45. The lowest BCUT2D eigenvalue weighted by Crippen LogP contribution is -2.64. The summed E-state index contributed by atoms with van der Waals surface area (Å²) in [6, 6.07) is -4.03. The van der Waals surface area contributed by atoms with Crippen LogP contribution in [0.1, 0.15) is 86.0 Å². The quantitative estimate of drug-likeness (QED) is 0.210. The van der Waals surface area contributed by atoms with Gasteiger partial charge in [0.25, 0.3) is 11.8 Å². The Kier molecular flexibility index (Phi) is 11.7. The van der Waals surface area contributed by atoms with E-state index in [1.807, 2.05) is 13.0 Å². The van der Waals surface area contributed by atoms with Crippen LogP contribution in [0.3, 0.4) is 0 Å². The van der Waals surface area contributed by atoms with Crippen molar-refractivity contribution in [2.75, 3.05) is 14.2 Å². The number of nitrogens with zero attached hydrogens (tertiary/aromatic N) is 3. The number of pyridine rings is 1. The van der Waals surface area contributed by atoms with E-state index in [4.69, 9.17) is 14.2 Å². The Bertz CT molecular complexity index is 2100. The number of allylic oxidation sites excluding steroid dienone is 1. The summed E-state index contributed by atoms with van der Waals surface area (Å²) in [6.45, 7) is 7.89. The molecule has 2 saturated carbocycles. The number of carbonyl (C=O) groups excluding carboxylic acids is 3. The van der Waals surface area contributed by atoms with Crippen LogP contribution in [0.25, 0.3) is 10.8 Å². The van der Waals surface area contributed by atoms with E-state index in [0.29, 0.717) is 36.8 Å². The van der Waals surface area contributed by atoms with Gasteiger partial charge in [0.15, 0.2) is 17.1 Å². The fraction of sp³-hybridized carbons (Fsp3) is 0.625. The molecule has 3 fully saturated rings. The molecule has 318 valence electrons. The van der Waals surface area contributed by atoms with Crippen molar-refractivity contribution in [2.45, 2.75) is 127 Å². The Balaban J connectivity index is 1.48. The minimum atomic E-state index is -4.29. The number of rotatable bonds is 10. The highest BCUT2D eigenvalue weighted by atomic mass is 32.2. The van der Waals surface area contributed by atoms with Gasteiger partial charge in [-0.15, -0.1) is 0 Å². The van der Waals surface area contributed by atoms with E-state index in [2.05, 4.69) is 15.0 Å². The summed E-state index contributed by atoms with van der Waals surface area (Å²) >= 11 is 0. The summed E-state index contributed by atoms with van der Waals surface area (Å²) in [5.74, 6) is -4.70.